The van der Waals surface area contributed by atoms with Crippen molar-refractivity contribution < 1.29 is 34.2 Å². The lowest BCUT2D eigenvalue weighted by molar-refractivity contribution is -0.147. The summed E-state index contributed by atoms with van der Waals surface area (Å²) < 4.78 is 0. The maximum Gasteiger partial charge on any atom is 0.326 e. The molecule has 0 bridgehead atoms. The van der Waals surface area contributed by atoms with Gasteiger partial charge in [-0.1, -0.05) is 44.2 Å². The molecule has 0 aromatic heterocycles. The summed E-state index contributed by atoms with van der Waals surface area (Å²) in [4.78, 5) is 58.9. The second-order valence-corrected chi connectivity index (χ2v) is 7.76. The van der Waals surface area contributed by atoms with E-state index in [-0.39, 0.29) is 18.8 Å². The van der Waals surface area contributed by atoms with E-state index in [0.717, 1.165) is 5.56 Å². The van der Waals surface area contributed by atoms with Gasteiger partial charge in [-0.05, 0) is 24.3 Å². The highest BCUT2D eigenvalue weighted by atomic mass is 16.4. The van der Waals surface area contributed by atoms with E-state index < -0.39 is 60.8 Å². The molecular formula is C21H30N4O7. The number of aliphatic carboxylic acids is 2. The van der Waals surface area contributed by atoms with Crippen LogP contribution in [0.25, 0.3) is 0 Å². The Kier molecular flexibility index (Phi) is 10.8. The fourth-order valence-electron chi connectivity index (χ4n) is 2.85. The van der Waals surface area contributed by atoms with Gasteiger partial charge in [0.15, 0.2) is 0 Å². The number of carboxylic acids is 2. The normalized spacial score (nSPS) is 13.5. The van der Waals surface area contributed by atoms with Gasteiger partial charge in [0.25, 0.3) is 0 Å². The number of amides is 3. The third-order valence-electron chi connectivity index (χ3n) is 4.41. The fourth-order valence-corrected chi connectivity index (χ4v) is 2.85. The van der Waals surface area contributed by atoms with Crippen molar-refractivity contribution in [2.75, 3.05) is 6.54 Å². The minimum atomic E-state index is -1.64. The zero-order valence-electron chi connectivity index (χ0n) is 18.0. The average molecular weight is 450 g/mol. The van der Waals surface area contributed by atoms with Crippen LogP contribution in [0.2, 0.25) is 0 Å². The number of carbonyl (C=O) groups is 5. The van der Waals surface area contributed by atoms with E-state index in [0.29, 0.717) is 0 Å². The van der Waals surface area contributed by atoms with Crippen LogP contribution in [0.3, 0.4) is 0 Å². The predicted octanol–water partition coefficient (Wildman–Crippen LogP) is -0.752. The first-order valence-electron chi connectivity index (χ1n) is 10.1. The molecule has 3 unspecified atom stereocenters. The van der Waals surface area contributed by atoms with Crippen LogP contribution in [0.1, 0.15) is 32.3 Å². The van der Waals surface area contributed by atoms with E-state index in [1.807, 2.05) is 30.3 Å². The summed E-state index contributed by atoms with van der Waals surface area (Å²) in [6.45, 7) is 3.16. The lowest BCUT2D eigenvalue weighted by Gasteiger charge is -2.22. The summed E-state index contributed by atoms with van der Waals surface area (Å²) in [5.41, 5.74) is 6.73. The SMILES string of the molecule is CC(C)CC(NC(=O)CNC(=O)C(N)Cc1ccccc1)C(=O)NC(CC(=O)O)C(=O)O. The van der Waals surface area contributed by atoms with Gasteiger partial charge in [0.05, 0.1) is 19.0 Å². The maximum absolute atomic E-state index is 12.5. The van der Waals surface area contributed by atoms with Crippen LogP contribution in [0, 0.1) is 5.92 Å². The molecule has 3 amide bonds. The number of hydrogen-bond donors (Lipinski definition) is 6. The molecule has 0 spiro atoms. The molecule has 1 aromatic rings. The second kappa shape index (κ2) is 13.1. The van der Waals surface area contributed by atoms with Crippen molar-refractivity contribution >= 4 is 29.7 Å². The fraction of sp³-hybridized carbons (Fsp3) is 0.476. The Hall–Kier alpha value is -3.47. The smallest absolute Gasteiger partial charge is 0.326 e. The molecule has 0 fully saturated rings. The number of carbonyl (C=O) groups excluding carboxylic acids is 3. The Morgan fingerprint density at radius 2 is 1.56 bits per heavy atom. The minimum Gasteiger partial charge on any atom is -0.481 e. The Morgan fingerprint density at radius 3 is 2.09 bits per heavy atom. The minimum absolute atomic E-state index is 0.0392. The first-order valence-corrected chi connectivity index (χ1v) is 10.1. The van der Waals surface area contributed by atoms with Crippen LogP contribution in [-0.4, -0.2) is 64.5 Å². The zero-order chi connectivity index (χ0) is 24.3. The monoisotopic (exact) mass is 450 g/mol. The Bertz CT molecular complexity index is 814. The molecule has 11 heteroatoms. The van der Waals surface area contributed by atoms with Crippen LogP contribution in [-0.2, 0) is 30.4 Å². The topological polar surface area (TPSA) is 188 Å². The van der Waals surface area contributed by atoms with Gasteiger partial charge >= 0.3 is 11.9 Å². The highest BCUT2D eigenvalue weighted by molar-refractivity contribution is 5.93. The third kappa shape index (κ3) is 10.0. The van der Waals surface area contributed by atoms with Gasteiger partial charge in [0.2, 0.25) is 17.7 Å². The number of carboxylic acid groups (broad SMARTS) is 2. The highest BCUT2D eigenvalue weighted by Gasteiger charge is 2.28. The van der Waals surface area contributed by atoms with Crippen molar-refractivity contribution in [1.82, 2.24) is 16.0 Å². The molecule has 0 heterocycles. The zero-order valence-corrected chi connectivity index (χ0v) is 18.0. The second-order valence-electron chi connectivity index (χ2n) is 7.76. The summed E-state index contributed by atoms with van der Waals surface area (Å²) in [5, 5.41) is 24.9. The number of benzene rings is 1. The number of hydrogen-bond acceptors (Lipinski definition) is 6. The molecule has 0 saturated heterocycles. The number of nitrogens with two attached hydrogens (primary N) is 1. The molecule has 0 saturated carbocycles. The third-order valence-corrected chi connectivity index (χ3v) is 4.41. The van der Waals surface area contributed by atoms with Gasteiger partial charge in [-0.15, -0.1) is 0 Å². The average Bonchev–Trinajstić information content (AvgIpc) is 2.70. The van der Waals surface area contributed by atoms with Crippen LogP contribution in [0.4, 0.5) is 0 Å². The van der Waals surface area contributed by atoms with Gasteiger partial charge in [0, 0.05) is 0 Å². The predicted molar refractivity (Wildman–Crippen MR) is 114 cm³/mol. The molecule has 176 valence electrons. The van der Waals surface area contributed by atoms with Gasteiger partial charge in [-0.25, -0.2) is 4.79 Å². The van der Waals surface area contributed by atoms with Crippen molar-refractivity contribution in [3.8, 4) is 0 Å². The molecule has 0 radical (unpaired) electrons. The van der Waals surface area contributed by atoms with E-state index in [1.54, 1.807) is 13.8 Å². The molecule has 1 rings (SSSR count). The van der Waals surface area contributed by atoms with E-state index in [4.69, 9.17) is 15.9 Å². The van der Waals surface area contributed by atoms with Crippen LogP contribution in [0.5, 0.6) is 0 Å². The Balaban J connectivity index is 2.64. The van der Waals surface area contributed by atoms with Crippen LogP contribution < -0.4 is 21.7 Å². The van der Waals surface area contributed by atoms with Gasteiger partial charge in [0.1, 0.15) is 12.1 Å². The molecular weight excluding hydrogens is 420 g/mol. The quantitative estimate of drug-likeness (QED) is 0.226. The first kappa shape index (κ1) is 26.6. The van der Waals surface area contributed by atoms with Gasteiger partial charge < -0.3 is 31.9 Å². The number of rotatable bonds is 13. The summed E-state index contributed by atoms with van der Waals surface area (Å²) in [5.74, 6) is -4.97. The van der Waals surface area contributed by atoms with Gasteiger partial charge in [-0.3, -0.25) is 19.2 Å². The standard InChI is InChI=1S/C21H30N4O7/c1-12(2)8-15(20(30)25-16(21(31)32)10-18(27)28)24-17(26)11-23-19(29)14(22)9-13-6-4-3-5-7-13/h3-7,12,14-16H,8-11,22H2,1-2H3,(H,23,29)(H,24,26)(H,25,30)(H,27,28)(H,31,32). The molecule has 0 aliphatic heterocycles. The van der Waals surface area contributed by atoms with Crippen LogP contribution in [0.15, 0.2) is 30.3 Å². The molecule has 0 aliphatic carbocycles. The van der Waals surface area contributed by atoms with E-state index in [2.05, 4.69) is 16.0 Å². The van der Waals surface area contributed by atoms with E-state index in [1.165, 1.54) is 0 Å². The molecule has 7 N–H and O–H groups in total. The molecule has 32 heavy (non-hydrogen) atoms. The van der Waals surface area contributed by atoms with Crippen molar-refractivity contribution in [3.63, 3.8) is 0 Å². The first-order chi connectivity index (χ1) is 15.0. The lowest BCUT2D eigenvalue weighted by Crippen LogP contribution is -2.54. The van der Waals surface area contributed by atoms with Crippen molar-refractivity contribution in [1.29, 1.82) is 0 Å². The largest absolute Gasteiger partial charge is 0.481 e. The molecule has 11 nitrogen and oxygen atoms in total. The Morgan fingerprint density at radius 1 is 0.938 bits per heavy atom. The maximum atomic E-state index is 12.5. The Labute approximate surface area is 185 Å². The lowest BCUT2D eigenvalue weighted by atomic mass is 10.0. The van der Waals surface area contributed by atoms with Crippen molar-refractivity contribution in [2.24, 2.45) is 11.7 Å². The van der Waals surface area contributed by atoms with Crippen LogP contribution >= 0.6 is 0 Å². The number of nitrogens with one attached hydrogen (secondary N) is 3. The van der Waals surface area contributed by atoms with Crippen molar-refractivity contribution in [2.45, 2.75) is 51.2 Å². The summed E-state index contributed by atoms with van der Waals surface area (Å²) >= 11 is 0. The van der Waals surface area contributed by atoms with E-state index >= 15 is 0 Å². The highest BCUT2D eigenvalue weighted by Crippen LogP contribution is 2.06. The van der Waals surface area contributed by atoms with Gasteiger partial charge in [-0.2, -0.15) is 0 Å². The summed E-state index contributed by atoms with van der Waals surface area (Å²) in [6, 6.07) is 5.51. The summed E-state index contributed by atoms with van der Waals surface area (Å²) in [6.07, 6.45) is -0.343. The molecule has 1 aromatic carbocycles. The van der Waals surface area contributed by atoms with E-state index in [9.17, 15) is 24.0 Å². The molecule has 0 aliphatic rings. The summed E-state index contributed by atoms with van der Waals surface area (Å²) in [7, 11) is 0. The van der Waals surface area contributed by atoms with Crippen molar-refractivity contribution in [3.05, 3.63) is 35.9 Å². The molecule has 3 atom stereocenters.